The molecule has 0 radical (unpaired) electrons. The van der Waals surface area contributed by atoms with E-state index in [2.05, 4.69) is 0 Å². The second-order valence-electron chi connectivity index (χ2n) is 6.91. The van der Waals surface area contributed by atoms with Crippen LogP contribution in [0.1, 0.15) is 25.0 Å². The molecule has 1 heterocycles. The van der Waals surface area contributed by atoms with Gasteiger partial charge in [0.25, 0.3) is 11.1 Å². The molecular formula is C22H19Cl2NO5S. The lowest BCUT2D eigenvalue weighted by molar-refractivity contribution is -0.149. The fourth-order valence-electron chi connectivity index (χ4n) is 2.67. The molecule has 3 rings (SSSR count). The van der Waals surface area contributed by atoms with Crippen LogP contribution >= 0.6 is 35.0 Å². The second-order valence-corrected chi connectivity index (χ2v) is 8.72. The summed E-state index contributed by atoms with van der Waals surface area (Å²) in [4.78, 5) is 37.5. The summed E-state index contributed by atoms with van der Waals surface area (Å²) in [6.07, 6.45) is 1.28. The molecule has 0 atom stereocenters. The SMILES string of the molecule is CC(C)OC(=O)CN1C(=O)S/C(=C\c2ccc(OCc3ccc(Cl)c(Cl)c3)cc2)C1=O. The van der Waals surface area contributed by atoms with E-state index < -0.39 is 23.7 Å². The van der Waals surface area contributed by atoms with E-state index in [4.69, 9.17) is 32.7 Å². The van der Waals surface area contributed by atoms with Crippen molar-refractivity contribution in [3.8, 4) is 5.75 Å². The van der Waals surface area contributed by atoms with Crippen LogP contribution in [0.15, 0.2) is 47.4 Å². The first-order valence-corrected chi connectivity index (χ1v) is 10.9. The van der Waals surface area contributed by atoms with Gasteiger partial charge in [0.2, 0.25) is 0 Å². The quantitative estimate of drug-likeness (QED) is 0.382. The van der Waals surface area contributed by atoms with Gasteiger partial charge in [0.05, 0.1) is 21.1 Å². The number of esters is 1. The van der Waals surface area contributed by atoms with E-state index in [1.54, 1.807) is 56.3 Å². The molecule has 0 saturated carbocycles. The molecule has 162 valence electrons. The average Bonchev–Trinajstić information content (AvgIpc) is 2.96. The van der Waals surface area contributed by atoms with Crippen LogP contribution in [0.2, 0.25) is 10.0 Å². The highest BCUT2D eigenvalue weighted by Gasteiger charge is 2.36. The predicted octanol–water partition coefficient (Wildman–Crippen LogP) is 5.56. The maximum Gasteiger partial charge on any atom is 0.326 e. The number of amides is 2. The third kappa shape index (κ3) is 6.26. The predicted molar refractivity (Wildman–Crippen MR) is 121 cm³/mol. The maximum absolute atomic E-state index is 12.5. The average molecular weight is 480 g/mol. The molecule has 0 N–H and O–H groups in total. The van der Waals surface area contributed by atoms with Crippen LogP contribution in [0.3, 0.4) is 0 Å². The normalized spacial score (nSPS) is 15.1. The first-order valence-electron chi connectivity index (χ1n) is 9.34. The van der Waals surface area contributed by atoms with E-state index in [0.717, 1.165) is 27.8 Å². The van der Waals surface area contributed by atoms with Gasteiger partial charge >= 0.3 is 5.97 Å². The Morgan fingerprint density at radius 3 is 2.45 bits per heavy atom. The van der Waals surface area contributed by atoms with Crippen molar-refractivity contribution in [3.63, 3.8) is 0 Å². The summed E-state index contributed by atoms with van der Waals surface area (Å²) in [5, 5.41) is 0.444. The van der Waals surface area contributed by atoms with Crippen molar-refractivity contribution >= 4 is 58.2 Å². The first-order chi connectivity index (χ1) is 14.7. The Kier molecular flexibility index (Phi) is 7.64. The van der Waals surface area contributed by atoms with Crippen molar-refractivity contribution < 1.29 is 23.9 Å². The number of thioether (sulfide) groups is 1. The number of rotatable bonds is 7. The topological polar surface area (TPSA) is 72.9 Å². The minimum atomic E-state index is -0.623. The van der Waals surface area contributed by atoms with Gasteiger partial charge in [0.15, 0.2) is 0 Å². The molecule has 1 aliphatic rings. The number of ether oxygens (including phenoxy) is 2. The first kappa shape index (κ1) is 23.2. The van der Waals surface area contributed by atoms with Gasteiger partial charge in [-0.3, -0.25) is 19.3 Å². The number of hydrogen-bond acceptors (Lipinski definition) is 6. The van der Waals surface area contributed by atoms with Gasteiger partial charge < -0.3 is 9.47 Å². The van der Waals surface area contributed by atoms with Crippen molar-refractivity contribution in [2.24, 2.45) is 0 Å². The zero-order valence-corrected chi connectivity index (χ0v) is 19.1. The molecule has 9 heteroatoms. The van der Waals surface area contributed by atoms with Gasteiger partial charge in [-0.2, -0.15) is 0 Å². The molecule has 2 aromatic carbocycles. The highest BCUT2D eigenvalue weighted by atomic mass is 35.5. The molecule has 1 aliphatic heterocycles. The van der Waals surface area contributed by atoms with Crippen LogP contribution in [0.5, 0.6) is 5.75 Å². The summed E-state index contributed by atoms with van der Waals surface area (Å²) >= 11 is 12.7. The molecule has 6 nitrogen and oxygen atoms in total. The van der Waals surface area contributed by atoms with Crippen molar-refractivity contribution in [1.82, 2.24) is 4.90 Å². The summed E-state index contributed by atoms with van der Waals surface area (Å²) < 4.78 is 10.7. The molecule has 1 fully saturated rings. The Bertz CT molecular complexity index is 1040. The molecular weight excluding hydrogens is 461 g/mol. The summed E-state index contributed by atoms with van der Waals surface area (Å²) in [6.45, 7) is 3.32. The molecule has 31 heavy (non-hydrogen) atoms. The fraction of sp³-hybridized carbons (Fsp3) is 0.227. The molecule has 0 unspecified atom stereocenters. The fourth-order valence-corrected chi connectivity index (χ4v) is 3.83. The molecule has 0 aliphatic carbocycles. The largest absolute Gasteiger partial charge is 0.489 e. The molecule has 0 spiro atoms. The Morgan fingerprint density at radius 2 is 1.81 bits per heavy atom. The molecule has 1 saturated heterocycles. The highest BCUT2D eigenvalue weighted by molar-refractivity contribution is 8.18. The number of carbonyl (C=O) groups is 3. The van der Waals surface area contributed by atoms with Gasteiger partial charge in [0.1, 0.15) is 18.9 Å². The zero-order valence-electron chi connectivity index (χ0n) is 16.8. The summed E-state index contributed by atoms with van der Waals surface area (Å²) in [7, 11) is 0. The lowest BCUT2D eigenvalue weighted by atomic mass is 10.2. The van der Waals surface area contributed by atoms with Crippen molar-refractivity contribution in [3.05, 3.63) is 68.5 Å². The van der Waals surface area contributed by atoms with Crippen LogP contribution in [0.25, 0.3) is 6.08 Å². The summed E-state index contributed by atoms with van der Waals surface area (Å²) in [6, 6.07) is 12.3. The van der Waals surface area contributed by atoms with E-state index in [9.17, 15) is 14.4 Å². The number of carbonyl (C=O) groups excluding carboxylic acids is 3. The van der Waals surface area contributed by atoms with E-state index in [1.165, 1.54) is 0 Å². The van der Waals surface area contributed by atoms with Crippen molar-refractivity contribution in [2.45, 2.75) is 26.6 Å². The maximum atomic E-state index is 12.5. The monoisotopic (exact) mass is 479 g/mol. The van der Waals surface area contributed by atoms with Gasteiger partial charge in [-0.1, -0.05) is 41.4 Å². The minimum absolute atomic E-state index is 0.242. The Hall–Kier alpha value is -2.48. The molecule has 2 aromatic rings. The lowest BCUT2D eigenvalue weighted by Gasteiger charge is -2.13. The third-order valence-electron chi connectivity index (χ3n) is 4.10. The van der Waals surface area contributed by atoms with Crippen LogP contribution < -0.4 is 4.74 Å². The second kappa shape index (κ2) is 10.2. The Morgan fingerprint density at radius 1 is 1.10 bits per heavy atom. The van der Waals surface area contributed by atoms with Crippen LogP contribution in [-0.2, 0) is 20.9 Å². The van der Waals surface area contributed by atoms with E-state index in [0.29, 0.717) is 22.4 Å². The number of halogens is 2. The van der Waals surface area contributed by atoms with Gasteiger partial charge in [-0.25, -0.2) is 0 Å². The zero-order chi connectivity index (χ0) is 22.5. The highest BCUT2D eigenvalue weighted by Crippen LogP contribution is 2.32. The molecule has 0 bridgehead atoms. The number of imide groups is 1. The number of benzene rings is 2. The van der Waals surface area contributed by atoms with Crippen LogP contribution in [-0.4, -0.2) is 34.7 Å². The van der Waals surface area contributed by atoms with Gasteiger partial charge in [-0.05, 0) is 67.1 Å². The summed E-state index contributed by atoms with van der Waals surface area (Å²) in [5.74, 6) is -0.509. The van der Waals surface area contributed by atoms with E-state index >= 15 is 0 Å². The minimum Gasteiger partial charge on any atom is -0.489 e. The number of hydrogen-bond donors (Lipinski definition) is 0. The smallest absolute Gasteiger partial charge is 0.326 e. The standard InChI is InChI=1S/C22H19Cl2NO5S/c1-13(2)30-20(26)11-25-21(27)19(31-22(25)28)10-14-3-6-16(7-4-14)29-12-15-5-8-17(23)18(24)9-15/h3-10,13H,11-12H2,1-2H3/b19-10-. The molecule has 0 aromatic heterocycles. The van der Waals surface area contributed by atoms with Gasteiger partial charge in [0, 0.05) is 0 Å². The van der Waals surface area contributed by atoms with Gasteiger partial charge in [-0.15, -0.1) is 0 Å². The summed E-state index contributed by atoms with van der Waals surface area (Å²) in [5.41, 5.74) is 1.60. The number of nitrogens with zero attached hydrogens (tertiary/aromatic N) is 1. The lowest BCUT2D eigenvalue weighted by Crippen LogP contribution is -2.35. The van der Waals surface area contributed by atoms with Crippen molar-refractivity contribution in [2.75, 3.05) is 6.54 Å². The Balaban J connectivity index is 1.61. The van der Waals surface area contributed by atoms with Crippen LogP contribution in [0, 0.1) is 0 Å². The van der Waals surface area contributed by atoms with E-state index in [-0.39, 0.29) is 11.0 Å². The van der Waals surface area contributed by atoms with Crippen molar-refractivity contribution in [1.29, 1.82) is 0 Å². The van der Waals surface area contributed by atoms with Crippen LogP contribution in [0.4, 0.5) is 4.79 Å². The van der Waals surface area contributed by atoms with E-state index in [1.807, 2.05) is 6.07 Å². The Labute approximate surface area is 194 Å². The molecule has 2 amide bonds. The third-order valence-corrected chi connectivity index (χ3v) is 5.74.